The summed E-state index contributed by atoms with van der Waals surface area (Å²) in [5, 5.41) is 26.6. The molecular formula is C10H11BN2O2. The lowest BCUT2D eigenvalue weighted by molar-refractivity contribution is 0.425. The Labute approximate surface area is 88.5 Å². The van der Waals surface area contributed by atoms with Gasteiger partial charge in [-0.3, -0.25) is 0 Å². The molecule has 1 saturated heterocycles. The lowest BCUT2D eigenvalue weighted by atomic mass is 9.80. The molecule has 2 rings (SSSR count). The predicted molar refractivity (Wildman–Crippen MR) is 57.6 cm³/mol. The number of rotatable bonds is 2. The summed E-state index contributed by atoms with van der Waals surface area (Å²) in [6.07, 6.45) is 0. The fourth-order valence-electron chi connectivity index (χ4n) is 1.65. The third-order valence-electron chi connectivity index (χ3n) is 2.60. The van der Waals surface area contributed by atoms with Gasteiger partial charge in [-0.05, 0) is 17.6 Å². The minimum absolute atomic E-state index is 0.104. The summed E-state index contributed by atoms with van der Waals surface area (Å²) in [5.74, 6) is 0.104. The summed E-state index contributed by atoms with van der Waals surface area (Å²) in [6.45, 7) is 1.45. The van der Waals surface area contributed by atoms with Crippen LogP contribution in [0.3, 0.4) is 0 Å². The van der Waals surface area contributed by atoms with Crippen LogP contribution in [0, 0.1) is 17.2 Å². The Balaban J connectivity index is 2.10. The second-order valence-corrected chi connectivity index (χ2v) is 3.70. The van der Waals surface area contributed by atoms with Crippen LogP contribution in [0.5, 0.6) is 0 Å². The summed E-state index contributed by atoms with van der Waals surface area (Å²) in [7, 11) is -1.43. The van der Waals surface area contributed by atoms with Crippen LogP contribution in [0.4, 0.5) is 5.69 Å². The van der Waals surface area contributed by atoms with Gasteiger partial charge in [-0.2, -0.15) is 5.26 Å². The van der Waals surface area contributed by atoms with E-state index in [1.807, 2.05) is 11.0 Å². The molecule has 1 aliphatic rings. The molecule has 1 aromatic rings. The number of nitrogens with zero attached hydrogens (tertiary/aromatic N) is 2. The lowest BCUT2D eigenvalue weighted by Gasteiger charge is -2.37. The molecule has 15 heavy (non-hydrogen) atoms. The summed E-state index contributed by atoms with van der Waals surface area (Å²) in [4.78, 5) is 2.04. The van der Waals surface area contributed by atoms with E-state index < -0.39 is 7.12 Å². The minimum atomic E-state index is -1.43. The maximum atomic E-state index is 9.00. The van der Waals surface area contributed by atoms with Crippen LogP contribution >= 0.6 is 0 Å². The number of hydrogen-bond acceptors (Lipinski definition) is 4. The molecular weight excluding hydrogens is 191 g/mol. The van der Waals surface area contributed by atoms with E-state index in [4.69, 9.17) is 15.3 Å². The van der Waals surface area contributed by atoms with Crippen molar-refractivity contribution < 1.29 is 10.0 Å². The van der Waals surface area contributed by atoms with Crippen molar-refractivity contribution in [2.24, 2.45) is 5.92 Å². The molecule has 0 amide bonds. The molecule has 0 bridgehead atoms. The van der Waals surface area contributed by atoms with Crippen molar-refractivity contribution >= 4 is 18.3 Å². The van der Waals surface area contributed by atoms with Crippen LogP contribution in [0.15, 0.2) is 24.3 Å². The maximum Gasteiger partial charge on any atom is 0.488 e. The van der Waals surface area contributed by atoms with E-state index in [2.05, 4.69) is 6.07 Å². The second-order valence-electron chi connectivity index (χ2n) is 3.70. The van der Waals surface area contributed by atoms with Gasteiger partial charge in [0.25, 0.3) is 0 Å². The third-order valence-corrected chi connectivity index (χ3v) is 2.60. The van der Waals surface area contributed by atoms with E-state index in [1.165, 1.54) is 0 Å². The molecule has 0 spiro atoms. The first kappa shape index (κ1) is 10.0. The Kier molecular flexibility index (Phi) is 2.63. The van der Waals surface area contributed by atoms with Crippen LogP contribution in [0.2, 0.25) is 0 Å². The third kappa shape index (κ3) is 1.96. The van der Waals surface area contributed by atoms with E-state index in [-0.39, 0.29) is 5.92 Å². The number of anilines is 1. The highest BCUT2D eigenvalue weighted by Gasteiger charge is 2.27. The number of nitriles is 1. The Hall–Kier alpha value is -1.51. The Morgan fingerprint density at radius 2 is 2.13 bits per heavy atom. The normalized spacial score (nSPS) is 15.7. The number of hydrogen-bond donors (Lipinski definition) is 2. The summed E-state index contributed by atoms with van der Waals surface area (Å²) < 4.78 is 0. The Morgan fingerprint density at radius 1 is 1.40 bits per heavy atom. The molecule has 2 N–H and O–H groups in total. The first-order chi connectivity index (χ1) is 7.20. The Morgan fingerprint density at radius 3 is 2.73 bits per heavy atom. The standard InChI is InChI=1S/C10H11BN2O2/c12-5-8-6-13(7-8)10-3-1-2-9(4-10)11(14)15/h1-4,8,14-15H,6-7H2. The quantitative estimate of drug-likeness (QED) is 0.624. The van der Waals surface area contributed by atoms with Crippen LogP contribution in [0.1, 0.15) is 0 Å². The van der Waals surface area contributed by atoms with Gasteiger partial charge in [0.1, 0.15) is 0 Å². The van der Waals surface area contributed by atoms with Crippen molar-refractivity contribution in [1.82, 2.24) is 0 Å². The summed E-state index contributed by atoms with van der Waals surface area (Å²) in [5.41, 5.74) is 1.42. The van der Waals surface area contributed by atoms with Crippen molar-refractivity contribution in [3.8, 4) is 6.07 Å². The van der Waals surface area contributed by atoms with E-state index >= 15 is 0 Å². The van der Waals surface area contributed by atoms with Crippen molar-refractivity contribution in [2.45, 2.75) is 0 Å². The molecule has 5 heteroatoms. The first-order valence-electron chi connectivity index (χ1n) is 4.81. The lowest BCUT2D eigenvalue weighted by Crippen LogP contribution is -2.46. The smallest absolute Gasteiger partial charge is 0.423 e. The molecule has 1 aromatic carbocycles. The molecule has 4 nitrogen and oxygen atoms in total. The predicted octanol–water partition coefficient (Wildman–Crippen LogP) is -0.674. The fourth-order valence-corrected chi connectivity index (χ4v) is 1.65. The van der Waals surface area contributed by atoms with Gasteiger partial charge in [0, 0.05) is 18.8 Å². The van der Waals surface area contributed by atoms with Crippen molar-refractivity contribution in [3.05, 3.63) is 24.3 Å². The van der Waals surface area contributed by atoms with E-state index in [0.29, 0.717) is 5.46 Å². The summed E-state index contributed by atoms with van der Waals surface area (Å²) >= 11 is 0. The molecule has 0 unspecified atom stereocenters. The monoisotopic (exact) mass is 202 g/mol. The average Bonchev–Trinajstić information content (AvgIpc) is 2.16. The highest BCUT2D eigenvalue weighted by Crippen LogP contribution is 2.22. The minimum Gasteiger partial charge on any atom is -0.423 e. The largest absolute Gasteiger partial charge is 0.488 e. The highest BCUT2D eigenvalue weighted by molar-refractivity contribution is 6.58. The van der Waals surface area contributed by atoms with Gasteiger partial charge in [-0.25, -0.2) is 0 Å². The van der Waals surface area contributed by atoms with Crippen LogP contribution in [0.25, 0.3) is 0 Å². The molecule has 0 saturated carbocycles. The fraction of sp³-hybridized carbons (Fsp3) is 0.300. The zero-order valence-corrected chi connectivity index (χ0v) is 8.17. The average molecular weight is 202 g/mol. The molecule has 0 radical (unpaired) electrons. The molecule has 1 fully saturated rings. The highest BCUT2D eigenvalue weighted by atomic mass is 16.4. The van der Waals surface area contributed by atoms with Gasteiger partial charge in [0.05, 0.1) is 12.0 Å². The van der Waals surface area contributed by atoms with E-state index in [0.717, 1.165) is 18.8 Å². The van der Waals surface area contributed by atoms with Gasteiger partial charge in [0.2, 0.25) is 0 Å². The summed E-state index contributed by atoms with van der Waals surface area (Å²) in [6, 6.07) is 9.28. The number of benzene rings is 1. The van der Waals surface area contributed by atoms with Gasteiger partial charge in [0.15, 0.2) is 0 Å². The van der Waals surface area contributed by atoms with Crippen LogP contribution < -0.4 is 10.4 Å². The van der Waals surface area contributed by atoms with Crippen molar-refractivity contribution in [1.29, 1.82) is 5.26 Å². The molecule has 0 aromatic heterocycles. The first-order valence-corrected chi connectivity index (χ1v) is 4.81. The maximum absolute atomic E-state index is 9.00. The SMILES string of the molecule is N#CC1CN(c2cccc(B(O)O)c2)C1. The van der Waals surface area contributed by atoms with Crippen LogP contribution in [-0.4, -0.2) is 30.3 Å². The van der Waals surface area contributed by atoms with Gasteiger partial charge in [-0.1, -0.05) is 12.1 Å². The molecule has 0 aliphatic carbocycles. The van der Waals surface area contributed by atoms with Gasteiger partial charge in [-0.15, -0.1) is 0 Å². The molecule has 0 atom stereocenters. The van der Waals surface area contributed by atoms with Gasteiger partial charge >= 0.3 is 7.12 Å². The second kappa shape index (κ2) is 3.93. The van der Waals surface area contributed by atoms with Crippen molar-refractivity contribution in [3.63, 3.8) is 0 Å². The zero-order chi connectivity index (χ0) is 10.8. The van der Waals surface area contributed by atoms with Crippen LogP contribution in [-0.2, 0) is 0 Å². The molecule has 1 heterocycles. The van der Waals surface area contributed by atoms with Gasteiger partial charge < -0.3 is 14.9 Å². The Bertz CT molecular complexity index is 397. The van der Waals surface area contributed by atoms with E-state index in [1.54, 1.807) is 18.2 Å². The molecule has 1 aliphatic heterocycles. The zero-order valence-electron chi connectivity index (χ0n) is 8.17. The molecule has 76 valence electrons. The van der Waals surface area contributed by atoms with Crippen molar-refractivity contribution in [2.75, 3.05) is 18.0 Å². The topological polar surface area (TPSA) is 67.5 Å². The van der Waals surface area contributed by atoms with E-state index in [9.17, 15) is 0 Å².